The second-order valence-electron chi connectivity index (χ2n) is 5.78. The van der Waals surface area contributed by atoms with E-state index in [1.165, 1.54) is 12.3 Å². The van der Waals surface area contributed by atoms with Crippen LogP contribution >= 0.6 is 0 Å². The van der Waals surface area contributed by atoms with Gasteiger partial charge in [-0.2, -0.15) is 0 Å². The molecule has 2 aliphatic rings. The molecule has 4 nitrogen and oxygen atoms in total. The molecule has 114 valence electrons. The Labute approximate surface area is 134 Å². The lowest BCUT2D eigenvalue weighted by Gasteiger charge is -2.29. The van der Waals surface area contributed by atoms with E-state index in [0.29, 0.717) is 6.54 Å². The van der Waals surface area contributed by atoms with Crippen LogP contribution in [0.25, 0.3) is 0 Å². The fourth-order valence-corrected chi connectivity index (χ4v) is 3.27. The van der Waals surface area contributed by atoms with Gasteiger partial charge in [-0.25, -0.2) is 0 Å². The van der Waals surface area contributed by atoms with Crippen molar-refractivity contribution in [3.63, 3.8) is 0 Å². The number of rotatable bonds is 2. The molecule has 4 rings (SSSR count). The first kappa shape index (κ1) is 13.8. The Balaban J connectivity index is 1.79. The lowest BCUT2D eigenvalue weighted by Crippen LogP contribution is -2.43. The molecule has 4 heteroatoms. The summed E-state index contributed by atoms with van der Waals surface area (Å²) in [6, 6.07) is 17.3. The molecule has 0 radical (unpaired) electrons. The molecule has 0 unspecified atom stereocenters. The van der Waals surface area contributed by atoms with Gasteiger partial charge in [0.05, 0.1) is 24.9 Å². The minimum absolute atomic E-state index is 0.0463. The van der Waals surface area contributed by atoms with Crippen LogP contribution in [0.1, 0.15) is 17.5 Å². The molecule has 0 aliphatic carbocycles. The molecule has 1 spiro atoms. The van der Waals surface area contributed by atoms with Gasteiger partial charge in [0.25, 0.3) is 5.91 Å². The zero-order valence-electron chi connectivity index (χ0n) is 12.4. The van der Waals surface area contributed by atoms with Crippen molar-refractivity contribution in [2.24, 2.45) is 0 Å². The Morgan fingerprint density at radius 1 is 1.00 bits per heavy atom. The van der Waals surface area contributed by atoms with Crippen LogP contribution in [0.4, 0.5) is 5.69 Å². The minimum Gasteiger partial charge on any atom is -0.480 e. The summed E-state index contributed by atoms with van der Waals surface area (Å²) in [5.74, 6) is -0.277. The summed E-state index contributed by atoms with van der Waals surface area (Å²) in [5, 5.41) is 0. The number of carbonyl (C=O) groups is 2. The van der Waals surface area contributed by atoms with Crippen LogP contribution in [0.15, 0.2) is 66.9 Å². The molecule has 1 atom stereocenters. The van der Waals surface area contributed by atoms with E-state index in [0.717, 1.165) is 16.8 Å². The van der Waals surface area contributed by atoms with Gasteiger partial charge in [0.2, 0.25) is 5.60 Å². The first-order valence-corrected chi connectivity index (χ1v) is 7.53. The summed E-state index contributed by atoms with van der Waals surface area (Å²) in [6.45, 7) is 0.458. The van der Waals surface area contributed by atoms with Crippen LogP contribution in [0.3, 0.4) is 0 Å². The predicted molar refractivity (Wildman–Crippen MR) is 85.6 cm³/mol. The predicted octanol–water partition coefficient (Wildman–Crippen LogP) is 2.93. The molecule has 1 amide bonds. The van der Waals surface area contributed by atoms with Crippen LogP contribution in [0, 0.1) is 0 Å². The third kappa shape index (κ3) is 2.06. The molecule has 2 aromatic carbocycles. The van der Waals surface area contributed by atoms with Crippen LogP contribution < -0.4 is 4.90 Å². The van der Waals surface area contributed by atoms with Crippen molar-refractivity contribution in [1.82, 2.24) is 0 Å². The minimum atomic E-state index is -1.21. The van der Waals surface area contributed by atoms with Gasteiger partial charge in [-0.05, 0) is 11.6 Å². The first-order valence-electron chi connectivity index (χ1n) is 7.53. The number of fused-ring (bicyclic) bond motifs is 2. The third-order valence-corrected chi connectivity index (χ3v) is 4.35. The number of ketones is 1. The van der Waals surface area contributed by atoms with Crippen molar-refractivity contribution in [3.05, 3.63) is 78.1 Å². The summed E-state index contributed by atoms with van der Waals surface area (Å²) in [5.41, 5.74) is 1.39. The van der Waals surface area contributed by atoms with Crippen LogP contribution in [0.5, 0.6) is 0 Å². The van der Waals surface area contributed by atoms with Gasteiger partial charge in [-0.1, -0.05) is 48.5 Å². The Morgan fingerprint density at radius 2 is 1.74 bits per heavy atom. The number of allylic oxidation sites excluding steroid dienone is 1. The number of carbonyl (C=O) groups excluding carboxylic acids is 2. The molecule has 0 fully saturated rings. The zero-order chi connectivity index (χ0) is 15.9. The molecular formula is C19H15NO3. The molecule has 23 heavy (non-hydrogen) atoms. The van der Waals surface area contributed by atoms with Crippen molar-refractivity contribution in [1.29, 1.82) is 0 Å². The van der Waals surface area contributed by atoms with Crippen molar-refractivity contribution in [2.45, 2.75) is 18.6 Å². The van der Waals surface area contributed by atoms with Crippen molar-refractivity contribution < 1.29 is 14.3 Å². The maximum Gasteiger partial charge on any atom is 0.276 e. The fraction of sp³-hybridized carbons (Fsp3) is 0.158. The maximum atomic E-state index is 13.1. The van der Waals surface area contributed by atoms with Gasteiger partial charge >= 0.3 is 0 Å². The molecule has 0 aromatic heterocycles. The fourth-order valence-electron chi connectivity index (χ4n) is 3.27. The number of benzene rings is 2. The Hall–Kier alpha value is -2.88. The van der Waals surface area contributed by atoms with E-state index in [-0.39, 0.29) is 18.1 Å². The smallest absolute Gasteiger partial charge is 0.276 e. The monoisotopic (exact) mass is 305 g/mol. The SMILES string of the molecule is O=C1C=CO[C@]2(C1)C(=O)N(Cc1ccccc1)c1ccccc12. The Kier molecular flexibility index (Phi) is 3.05. The highest BCUT2D eigenvalue weighted by Crippen LogP contribution is 2.46. The van der Waals surface area contributed by atoms with E-state index in [9.17, 15) is 9.59 Å². The summed E-state index contributed by atoms with van der Waals surface area (Å²) in [4.78, 5) is 26.7. The molecule has 0 bridgehead atoms. The number of anilines is 1. The van der Waals surface area contributed by atoms with Gasteiger partial charge < -0.3 is 9.64 Å². The van der Waals surface area contributed by atoms with Crippen molar-refractivity contribution >= 4 is 17.4 Å². The zero-order valence-corrected chi connectivity index (χ0v) is 12.4. The van der Waals surface area contributed by atoms with E-state index in [2.05, 4.69) is 0 Å². The highest BCUT2D eigenvalue weighted by atomic mass is 16.5. The third-order valence-electron chi connectivity index (χ3n) is 4.35. The van der Waals surface area contributed by atoms with Gasteiger partial charge in [0.1, 0.15) is 0 Å². The lowest BCUT2D eigenvalue weighted by atomic mass is 9.88. The highest BCUT2D eigenvalue weighted by molar-refractivity contribution is 6.10. The van der Waals surface area contributed by atoms with Gasteiger partial charge in [-0.15, -0.1) is 0 Å². The normalized spacial score (nSPS) is 22.3. The summed E-state index contributed by atoms with van der Waals surface area (Å²) in [6.07, 6.45) is 2.76. The molecule has 2 aromatic rings. The largest absolute Gasteiger partial charge is 0.480 e. The summed E-state index contributed by atoms with van der Waals surface area (Å²) >= 11 is 0. The second kappa shape index (κ2) is 5.09. The van der Waals surface area contributed by atoms with Crippen LogP contribution in [-0.2, 0) is 26.5 Å². The van der Waals surface area contributed by atoms with E-state index in [1.54, 1.807) is 4.90 Å². The van der Waals surface area contributed by atoms with E-state index >= 15 is 0 Å². The van der Waals surface area contributed by atoms with E-state index in [4.69, 9.17) is 4.74 Å². The van der Waals surface area contributed by atoms with Gasteiger partial charge in [-0.3, -0.25) is 9.59 Å². The van der Waals surface area contributed by atoms with Gasteiger partial charge in [0, 0.05) is 11.6 Å². The average molecular weight is 305 g/mol. The van der Waals surface area contributed by atoms with Crippen LogP contribution in [0.2, 0.25) is 0 Å². The molecule has 0 saturated carbocycles. The van der Waals surface area contributed by atoms with Crippen molar-refractivity contribution in [3.8, 4) is 0 Å². The number of para-hydroxylation sites is 1. The Morgan fingerprint density at radius 3 is 2.52 bits per heavy atom. The number of nitrogens with zero attached hydrogens (tertiary/aromatic N) is 1. The van der Waals surface area contributed by atoms with E-state index < -0.39 is 5.60 Å². The Bertz CT molecular complexity index is 812. The van der Waals surface area contributed by atoms with E-state index in [1.807, 2.05) is 54.6 Å². The maximum absolute atomic E-state index is 13.1. The summed E-state index contributed by atoms with van der Waals surface area (Å²) < 4.78 is 5.71. The second-order valence-corrected chi connectivity index (χ2v) is 5.78. The lowest BCUT2D eigenvalue weighted by molar-refractivity contribution is -0.143. The standard InChI is InChI=1S/C19H15NO3/c21-15-10-11-23-19(12-15)16-8-4-5-9-17(16)20(18(19)22)13-14-6-2-1-3-7-14/h1-11H,12-13H2/t19-/m0/s1. The molecule has 2 aliphatic heterocycles. The van der Waals surface area contributed by atoms with Crippen molar-refractivity contribution in [2.75, 3.05) is 4.90 Å². The topological polar surface area (TPSA) is 46.6 Å². The van der Waals surface area contributed by atoms with Crippen LogP contribution in [-0.4, -0.2) is 11.7 Å². The highest BCUT2D eigenvalue weighted by Gasteiger charge is 2.54. The quantitative estimate of drug-likeness (QED) is 0.857. The number of ether oxygens (including phenoxy) is 1. The van der Waals surface area contributed by atoms with Gasteiger partial charge in [0.15, 0.2) is 5.78 Å². The summed E-state index contributed by atoms with van der Waals surface area (Å²) in [7, 11) is 0. The molecule has 0 N–H and O–H groups in total. The average Bonchev–Trinajstić information content (AvgIpc) is 2.79. The molecular weight excluding hydrogens is 290 g/mol. The number of hydrogen-bond acceptors (Lipinski definition) is 3. The molecule has 2 heterocycles. The molecule has 0 saturated heterocycles. The number of amides is 1. The first-order chi connectivity index (χ1) is 11.2. The number of hydrogen-bond donors (Lipinski definition) is 0.